The minimum absolute atomic E-state index is 0.115. The van der Waals surface area contributed by atoms with Gasteiger partial charge in [-0.3, -0.25) is 0 Å². The highest BCUT2D eigenvalue weighted by Crippen LogP contribution is 2.33. The molecule has 0 spiro atoms. The van der Waals surface area contributed by atoms with Crippen molar-refractivity contribution in [3.63, 3.8) is 0 Å². The predicted molar refractivity (Wildman–Crippen MR) is 131 cm³/mol. The lowest BCUT2D eigenvalue weighted by atomic mass is 9.98. The van der Waals surface area contributed by atoms with Crippen molar-refractivity contribution in [2.24, 2.45) is 5.92 Å². The molecular weight excluding hydrogens is 453 g/mol. The fourth-order valence-electron chi connectivity index (χ4n) is 4.16. The van der Waals surface area contributed by atoms with Gasteiger partial charge in [-0.05, 0) is 56.0 Å². The van der Waals surface area contributed by atoms with Crippen molar-refractivity contribution >= 4 is 0 Å². The molecular formula is C29H29F3O3. The molecule has 1 saturated heterocycles. The van der Waals surface area contributed by atoms with Crippen molar-refractivity contribution in [1.29, 1.82) is 0 Å². The Kier molecular flexibility index (Phi) is 8.26. The minimum Gasteiger partial charge on any atom is -0.491 e. The number of hydrogen-bond donors (Lipinski definition) is 0. The van der Waals surface area contributed by atoms with E-state index in [-0.39, 0.29) is 17.9 Å². The Labute approximate surface area is 204 Å². The summed E-state index contributed by atoms with van der Waals surface area (Å²) in [5.41, 5.74) is 2.25. The van der Waals surface area contributed by atoms with Crippen LogP contribution in [0.5, 0.6) is 5.75 Å². The molecule has 184 valence electrons. The fraction of sp³-hybridized carbons (Fsp3) is 0.310. The van der Waals surface area contributed by atoms with Crippen LogP contribution in [0.25, 0.3) is 22.3 Å². The largest absolute Gasteiger partial charge is 0.491 e. The van der Waals surface area contributed by atoms with Gasteiger partial charge in [-0.1, -0.05) is 48.6 Å². The van der Waals surface area contributed by atoms with Crippen molar-refractivity contribution in [2.45, 2.75) is 33.0 Å². The maximum Gasteiger partial charge on any atom is 0.201 e. The van der Waals surface area contributed by atoms with Gasteiger partial charge in [0.2, 0.25) is 5.82 Å². The number of rotatable bonds is 8. The number of hydrogen-bond acceptors (Lipinski definition) is 3. The molecule has 1 aliphatic rings. The third kappa shape index (κ3) is 5.77. The highest BCUT2D eigenvalue weighted by atomic mass is 19.2. The SMILES string of the molecule is CC=CCCC1COC(c2ccc(-c3ccc(-c4ccc(OCC)c(F)c4F)cc3)c(F)c2)OC1. The Bertz CT molecular complexity index is 1170. The van der Waals surface area contributed by atoms with E-state index < -0.39 is 23.7 Å². The molecule has 1 heterocycles. The van der Waals surface area contributed by atoms with Gasteiger partial charge >= 0.3 is 0 Å². The summed E-state index contributed by atoms with van der Waals surface area (Å²) < 4.78 is 60.5. The molecule has 0 aliphatic carbocycles. The van der Waals surface area contributed by atoms with Gasteiger partial charge in [0.05, 0.1) is 19.8 Å². The standard InChI is InChI=1S/C29H29F3O3/c1-3-5-6-7-19-17-34-29(35-18-19)22-12-13-23(25(30)16-22)20-8-10-21(11-9-20)24-14-15-26(33-4-2)28(32)27(24)31/h3,5,8-16,19,29H,4,6-7,17-18H2,1-2H3. The predicted octanol–water partition coefficient (Wildman–Crippen LogP) is 7.85. The smallest absolute Gasteiger partial charge is 0.201 e. The number of ether oxygens (including phenoxy) is 3. The monoisotopic (exact) mass is 482 g/mol. The zero-order valence-corrected chi connectivity index (χ0v) is 19.9. The first-order valence-corrected chi connectivity index (χ1v) is 11.9. The molecule has 4 rings (SSSR count). The maximum absolute atomic E-state index is 15.0. The highest BCUT2D eigenvalue weighted by molar-refractivity contribution is 5.71. The van der Waals surface area contributed by atoms with Gasteiger partial charge in [0.1, 0.15) is 5.82 Å². The Balaban J connectivity index is 1.46. The van der Waals surface area contributed by atoms with Crippen molar-refractivity contribution in [1.82, 2.24) is 0 Å². The number of benzene rings is 3. The quantitative estimate of drug-likeness (QED) is 0.306. The van der Waals surface area contributed by atoms with E-state index >= 15 is 0 Å². The van der Waals surface area contributed by atoms with Crippen LogP contribution in [0.4, 0.5) is 13.2 Å². The first-order chi connectivity index (χ1) is 17.0. The molecule has 35 heavy (non-hydrogen) atoms. The lowest BCUT2D eigenvalue weighted by molar-refractivity contribution is -0.205. The molecule has 0 aromatic heterocycles. The molecule has 6 heteroatoms. The molecule has 1 aliphatic heterocycles. The van der Waals surface area contributed by atoms with Crippen LogP contribution in [0.3, 0.4) is 0 Å². The molecule has 0 saturated carbocycles. The highest BCUT2D eigenvalue weighted by Gasteiger charge is 2.24. The van der Waals surface area contributed by atoms with Gasteiger partial charge in [0.25, 0.3) is 0 Å². The second-order valence-electron chi connectivity index (χ2n) is 8.50. The summed E-state index contributed by atoms with van der Waals surface area (Å²) in [6, 6.07) is 14.4. The first kappa shape index (κ1) is 25.0. The maximum atomic E-state index is 15.0. The number of halogens is 3. The van der Waals surface area contributed by atoms with Crippen LogP contribution in [0.2, 0.25) is 0 Å². The molecule has 0 amide bonds. The second-order valence-corrected chi connectivity index (χ2v) is 8.50. The molecule has 0 radical (unpaired) electrons. The van der Waals surface area contributed by atoms with E-state index in [2.05, 4.69) is 6.08 Å². The lowest BCUT2D eigenvalue weighted by Gasteiger charge is -2.29. The van der Waals surface area contributed by atoms with Gasteiger partial charge < -0.3 is 14.2 Å². The summed E-state index contributed by atoms with van der Waals surface area (Å²) in [5, 5.41) is 0. The van der Waals surface area contributed by atoms with E-state index in [4.69, 9.17) is 14.2 Å². The summed E-state index contributed by atoms with van der Waals surface area (Å²) in [7, 11) is 0. The van der Waals surface area contributed by atoms with Crippen LogP contribution < -0.4 is 4.74 Å². The van der Waals surface area contributed by atoms with Gasteiger partial charge in [-0.15, -0.1) is 0 Å². The van der Waals surface area contributed by atoms with E-state index in [9.17, 15) is 13.2 Å². The van der Waals surface area contributed by atoms with Crippen LogP contribution in [-0.2, 0) is 9.47 Å². The van der Waals surface area contributed by atoms with Crippen LogP contribution >= 0.6 is 0 Å². The molecule has 3 nitrogen and oxygen atoms in total. The first-order valence-electron chi connectivity index (χ1n) is 11.9. The van der Waals surface area contributed by atoms with Crippen molar-refractivity contribution < 1.29 is 27.4 Å². The van der Waals surface area contributed by atoms with Crippen molar-refractivity contribution in [3.05, 3.63) is 89.8 Å². The summed E-state index contributed by atoms with van der Waals surface area (Å²) >= 11 is 0. The Morgan fingerprint density at radius 2 is 1.54 bits per heavy atom. The summed E-state index contributed by atoms with van der Waals surface area (Å²) in [4.78, 5) is 0. The van der Waals surface area contributed by atoms with Crippen molar-refractivity contribution in [3.8, 4) is 28.0 Å². The second kappa shape index (κ2) is 11.6. The van der Waals surface area contributed by atoms with Crippen LogP contribution in [0, 0.1) is 23.4 Å². The lowest BCUT2D eigenvalue weighted by Crippen LogP contribution is -2.27. The Hall–Kier alpha value is -3.09. The van der Waals surface area contributed by atoms with Gasteiger partial charge in [0, 0.05) is 22.6 Å². The summed E-state index contributed by atoms with van der Waals surface area (Å²) in [6.45, 7) is 5.10. The van der Waals surface area contributed by atoms with E-state index in [0.29, 0.717) is 41.4 Å². The number of allylic oxidation sites excluding steroid dienone is 2. The van der Waals surface area contributed by atoms with Crippen molar-refractivity contribution in [2.75, 3.05) is 19.8 Å². The topological polar surface area (TPSA) is 27.7 Å². The van der Waals surface area contributed by atoms with E-state index in [0.717, 1.165) is 12.8 Å². The molecule has 0 bridgehead atoms. The Morgan fingerprint density at radius 1 is 0.886 bits per heavy atom. The fourth-order valence-corrected chi connectivity index (χ4v) is 4.16. The van der Waals surface area contributed by atoms with E-state index in [1.807, 2.05) is 13.0 Å². The van der Waals surface area contributed by atoms with Gasteiger partial charge in [-0.25, -0.2) is 8.78 Å². The van der Waals surface area contributed by atoms with Gasteiger partial charge in [-0.2, -0.15) is 4.39 Å². The normalized spacial score (nSPS) is 18.2. The summed E-state index contributed by atoms with van der Waals surface area (Å²) in [5.74, 6) is -2.19. The molecule has 0 unspecified atom stereocenters. The minimum atomic E-state index is -1.02. The third-order valence-corrected chi connectivity index (χ3v) is 6.06. The molecule has 1 fully saturated rings. The van der Waals surface area contributed by atoms with E-state index in [1.165, 1.54) is 18.2 Å². The average Bonchev–Trinajstić information content (AvgIpc) is 2.88. The molecule has 3 aromatic rings. The average molecular weight is 483 g/mol. The summed E-state index contributed by atoms with van der Waals surface area (Å²) in [6.07, 6.45) is 5.55. The molecule has 0 atom stereocenters. The zero-order chi connectivity index (χ0) is 24.8. The molecule has 3 aromatic carbocycles. The Morgan fingerprint density at radius 3 is 2.17 bits per heavy atom. The third-order valence-electron chi connectivity index (χ3n) is 6.06. The van der Waals surface area contributed by atoms with Crippen LogP contribution in [0.15, 0.2) is 66.7 Å². The van der Waals surface area contributed by atoms with Crippen LogP contribution in [0.1, 0.15) is 38.5 Å². The molecule has 0 N–H and O–H groups in total. The van der Waals surface area contributed by atoms with Crippen LogP contribution in [-0.4, -0.2) is 19.8 Å². The van der Waals surface area contributed by atoms with E-state index in [1.54, 1.807) is 43.3 Å². The van der Waals surface area contributed by atoms with Gasteiger partial charge in [0.15, 0.2) is 17.9 Å². The zero-order valence-electron chi connectivity index (χ0n) is 19.9.